The van der Waals surface area contributed by atoms with E-state index in [-0.39, 0.29) is 0 Å². The van der Waals surface area contributed by atoms with Crippen molar-refractivity contribution in [2.75, 3.05) is 0 Å². The van der Waals surface area contributed by atoms with Crippen LogP contribution in [-0.2, 0) is 7.05 Å². The van der Waals surface area contributed by atoms with Gasteiger partial charge in [-0.3, -0.25) is 0 Å². The highest BCUT2D eigenvalue weighted by atomic mass is 35.5. The van der Waals surface area contributed by atoms with Crippen molar-refractivity contribution >= 4 is 39.4 Å². The van der Waals surface area contributed by atoms with Gasteiger partial charge in [0.05, 0.1) is 16.4 Å². The number of aromatic nitrogens is 1. The number of thiazole rings is 1. The molecule has 3 aromatic rings. The lowest BCUT2D eigenvalue weighted by Gasteiger charge is -1.93. The third-order valence-electron chi connectivity index (χ3n) is 2.93. The van der Waals surface area contributed by atoms with Crippen LogP contribution in [0.4, 0.5) is 0 Å². The number of hydrogen-bond acceptors (Lipinski definition) is 3. The van der Waals surface area contributed by atoms with Gasteiger partial charge in [0.1, 0.15) is 0 Å². The van der Waals surface area contributed by atoms with Gasteiger partial charge in [-0.1, -0.05) is 47.2 Å². The molecule has 0 unspecified atom stereocenters. The quantitative estimate of drug-likeness (QED) is 0.509. The fraction of sp³-hybridized carbons (Fsp3) is 0.0667. The molecule has 0 amide bonds. The van der Waals surface area contributed by atoms with Crippen molar-refractivity contribution in [3.8, 4) is 0 Å². The molecule has 0 fully saturated rings. The lowest BCUT2D eigenvalue weighted by atomic mass is 10.2. The van der Waals surface area contributed by atoms with Gasteiger partial charge in [-0.25, -0.2) is 0 Å². The van der Waals surface area contributed by atoms with Crippen molar-refractivity contribution in [2.45, 2.75) is 0 Å². The molecule has 20 heavy (non-hydrogen) atoms. The standard InChI is InChI=1S/C15H12ClN3S/c1-19-13-4-2-3-5-14(13)20-15(19)18-17-10-11-6-8-12(16)9-7-11/h2-10H,1H3/b17-10+,18-15-. The van der Waals surface area contributed by atoms with Crippen LogP contribution in [0.5, 0.6) is 0 Å². The Morgan fingerprint density at radius 2 is 1.85 bits per heavy atom. The first-order valence-electron chi connectivity index (χ1n) is 6.11. The summed E-state index contributed by atoms with van der Waals surface area (Å²) >= 11 is 7.46. The van der Waals surface area contributed by atoms with Gasteiger partial charge in [0.15, 0.2) is 0 Å². The Bertz CT molecular complexity index is 828. The second kappa shape index (κ2) is 5.61. The van der Waals surface area contributed by atoms with E-state index in [9.17, 15) is 0 Å². The van der Waals surface area contributed by atoms with Crippen LogP contribution in [0.2, 0.25) is 5.02 Å². The van der Waals surface area contributed by atoms with Crippen LogP contribution in [0.15, 0.2) is 58.7 Å². The van der Waals surface area contributed by atoms with Crippen LogP contribution in [0.1, 0.15) is 5.56 Å². The zero-order chi connectivity index (χ0) is 13.9. The first-order chi connectivity index (χ1) is 9.74. The van der Waals surface area contributed by atoms with Crippen LogP contribution in [-0.4, -0.2) is 10.8 Å². The predicted octanol–water partition coefficient (Wildman–Crippen LogP) is 3.83. The van der Waals surface area contributed by atoms with Crippen molar-refractivity contribution in [1.29, 1.82) is 0 Å². The van der Waals surface area contributed by atoms with Gasteiger partial charge in [-0.2, -0.15) is 5.10 Å². The number of para-hydroxylation sites is 1. The molecule has 0 saturated carbocycles. The SMILES string of the molecule is Cn1/c(=N/N=C/c2ccc(Cl)cc2)sc2ccccc21. The van der Waals surface area contributed by atoms with Crippen molar-refractivity contribution in [2.24, 2.45) is 17.3 Å². The van der Waals surface area contributed by atoms with E-state index in [2.05, 4.69) is 22.3 Å². The third-order valence-corrected chi connectivity index (χ3v) is 4.29. The van der Waals surface area contributed by atoms with Gasteiger partial charge >= 0.3 is 0 Å². The Morgan fingerprint density at radius 1 is 1.10 bits per heavy atom. The lowest BCUT2D eigenvalue weighted by molar-refractivity contribution is 0.889. The van der Waals surface area contributed by atoms with Gasteiger partial charge in [0.2, 0.25) is 4.80 Å². The minimum absolute atomic E-state index is 0.718. The van der Waals surface area contributed by atoms with Gasteiger partial charge in [-0.05, 0) is 29.8 Å². The zero-order valence-electron chi connectivity index (χ0n) is 10.8. The molecule has 2 aromatic carbocycles. The highest BCUT2D eigenvalue weighted by Crippen LogP contribution is 2.15. The van der Waals surface area contributed by atoms with Crippen LogP contribution in [0, 0.1) is 0 Å². The second-order valence-electron chi connectivity index (χ2n) is 4.31. The van der Waals surface area contributed by atoms with E-state index in [4.69, 9.17) is 11.6 Å². The number of rotatable bonds is 2. The molecule has 0 saturated heterocycles. The number of benzene rings is 2. The molecule has 3 nitrogen and oxygen atoms in total. The molecule has 0 atom stereocenters. The average molecular weight is 302 g/mol. The summed E-state index contributed by atoms with van der Waals surface area (Å²) in [5.74, 6) is 0. The van der Waals surface area contributed by atoms with E-state index < -0.39 is 0 Å². The van der Waals surface area contributed by atoms with Crippen molar-refractivity contribution in [3.63, 3.8) is 0 Å². The maximum absolute atomic E-state index is 5.84. The van der Waals surface area contributed by atoms with E-state index in [0.717, 1.165) is 20.9 Å². The summed E-state index contributed by atoms with van der Waals surface area (Å²) in [4.78, 5) is 0.872. The maximum atomic E-state index is 5.84. The monoisotopic (exact) mass is 301 g/mol. The highest BCUT2D eigenvalue weighted by molar-refractivity contribution is 7.16. The number of nitrogens with zero attached hydrogens (tertiary/aromatic N) is 3. The Kier molecular flexibility index (Phi) is 3.67. The van der Waals surface area contributed by atoms with Gasteiger partial charge in [0.25, 0.3) is 0 Å². The number of halogens is 1. The maximum Gasteiger partial charge on any atom is 0.211 e. The van der Waals surface area contributed by atoms with E-state index in [1.54, 1.807) is 17.6 Å². The first kappa shape index (κ1) is 13.1. The fourth-order valence-electron chi connectivity index (χ4n) is 1.87. The fourth-order valence-corrected chi connectivity index (χ4v) is 2.97. The normalized spacial score (nSPS) is 12.6. The van der Waals surface area contributed by atoms with Gasteiger partial charge in [-0.15, -0.1) is 5.10 Å². The molecule has 0 aliphatic heterocycles. The third kappa shape index (κ3) is 2.66. The molecule has 0 bridgehead atoms. The Hall–Kier alpha value is -1.91. The molecule has 3 rings (SSSR count). The second-order valence-corrected chi connectivity index (χ2v) is 5.75. The van der Waals surface area contributed by atoms with E-state index in [1.807, 2.05) is 48.0 Å². The van der Waals surface area contributed by atoms with Crippen LogP contribution in [0.25, 0.3) is 10.2 Å². The Labute approximate surface area is 125 Å². The molecule has 1 heterocycles. The number of hydrogen-bond donors (Lipinski definition) is 0. The summed E-state index contributed by atoms with van der Waals surface area (Å²) in [6.45, 7) is 0. The van der Waals surface area contributed by atoms with E-state index >= 15 is 0 Å². The summed E-state index contributed by atoms with van der Waals surface area (Å²) in [5, 5.41) is 9.14. The summed E-state index contributed by atoms with van der Waals surface area (Å²) in [7, 11) is 2.00. The van der Waals surface area contributed by atoms with Crippen molar-refractivity contribution < 1.29 is 0 Å². The molecule has 100 valence electrons. The lowest BCUT2D eigenvalue weighted by Crippen LogP contribution is -2.08. The summed E-state index contributed by atoms with van der Waals surface area (Å²) in [5.41, 5.74) is 2.14. The largest absolute Gasteiger partial charge is 0.318 e. The smallest absolute Gasteiger partial charge is 0.211 e. The summed E-state index contributed by atoms with van der Waals surface area (Å²) in [6, 6.07) is 15.7. The number of aryl methyl sites for hydroxylation is 1. The Balaban J connectivity index is 1.94. The molecule has 1 aromatic heterocycles. The molecule has 0 radical (unpaired) electrons. The van der Waals surface area contributed by atoms with Gasteiger partial charge in [0, 0.05) is 12.1 Å². The summed E-state index contributed by atoms with van der Waals surface area (Å²) in [6.07, 6.45) is 1.72. The van der Waals surface area contributed by atoms with E-state index in [1.165, 1.54) is 4.70 Å². The molecule has 0 aliphatic carbocycles. The minimum Gasteiger partial charge on any atom is -0.318 e. The molecule has 0 N–H and O–H groups in total. The predicted molar refractivity (Wildman–Crippen MR) is 85.4 cm³/mol. The molecule has 5 heteroatoms. The van der Waals surface area contributed by atoms with Crippen LogP contribution < -0.4 is 4.80 Å². The van der Waals surface area contributed by atoms with Crippen LogP contribution >= 0.6 is 22.9 Å². The molecular formula is C15H12ClN3S. The van der Waals surface area contributed by atoms with Gasteiger partial charge < -0.3 is 4.57 Å². The molecule has 0 aliphatic rings. The minimum atomic E-state index is 0.718. The van der Waals surface area contributed by atoms with Crippen LogP contribution in [0.3, 0.4) is 0 Å². The first-order valence-corrected chi connectivity index (χ1v) is 7.31. The topological polar surface area (TPSA) is 29.6 Å². The highest BCUT2D eigenvalue weighted by Gasteiger charge is 2.00. The van der Waals surface area contributed by atoms with Crippen molar-refractivity contribution in [3.05, 3.63) is 63.9 Å². The zero-order valence-corrected chi connectivity index (χ0v) is 12.4. The molecular weight excluding hydrogens is 290 g/mol. The average Bonchev–Trinajstić information content (AvgIpc) is 2.78. The van der Waals surface area contributed by atoms with Crippen molar-refractivity contribution in [1.82, 2.24) is 4.57 Å². The Morgan fingerprint density at radius 3 is 2.60 bits per heavy atom. The molecule has 0 spiro atoms. The van der Waals surface area contributed by atoms with E-state index in [0.29, 0.717) is 0 Å². The number of fused-ring (bicyclic) bond motifs is 1. The summed E-state index contributed by atoms with van der Waals surface area (Å²) < 4.78 is 3.24.